The van der Waals surface area contributed by atoms with Crippen molar-refractivity contribution in [3.63, 3.8) is 0 Å². The third-order valence-electron chi connectivity index (χ3n) is 4.06. The molecule has 0 atom stereocenters. The molecule has 1 fully saturated rings. The van der Waals surface area contributed by atoms with Crippen molar-refractivity contribution in [2.24, 2.45) is 0 Å². The van der Waals surface area contributed by atoms with Gasteiger partial charge in [0, 0.05) is 37.8 Å². The number of amides is 1. The Kier molecular flexibility index (Phi) is 4.46. The number of benzene rings is 1. The zero-order valence-corrected chi connectivity index (χ0v) is 13.3. The molecule has 0 aliphatic carbocycles. The number of halogens is 1. The van der Waals surface area contributed by atoms with Gasteiger partial charge in [0.25, 0.3) is 5.91 Å². The Labute approximate surface area is 142 Å². The summed E-state index contributed by atoms with van der Waals surface area (Å²) in [5.41, 5.74) is 5.81. The number of rotatable bonds is 3. The van der Waals surface area contributed by atoms with E-state index in [4.69, 9.17) is 5.73 Å². The molecule has 9 heteroatoms. The molecule has 0 bridgehead atoms. The Hall–Kier alpha value is -3.23. The average Bonchev–Trinajstić information content (AvgIpc) is 2.61. The predicted octanol–water partition coefficient (Wildman–Crippen LogP) is 1.67. The van der Waals surface area contributed by atoms with E-state index in [1.807, 2.05) is 4.90 Å². The summed E-state index contributed by atoms with van der Waals surface area (Å²) >= 11 is 0. The Morgan fingerprint density at radius 1 is 1.24 bits per heavy atom. The molecule has 3 rings (SSSR count). The number of piperazine rings is 1. The van der Waals surface area contributed by atoms with Crippen molar-refractivity contribution in [1.82, 2.24) is 9.88 Å². The normalized spacial score (nSPS) is 14.4. The maximum absolute atomic E-state index is 13.3. The molecule has 1 aromatic heterocycles. The maximum Gasteiger partial charge on any atom is 0.310 e. The van der Waals surface area contributed by atoms with Crippen LogP contribution in [0.4, 0.5) is 21.6 Å². The first-order valence-electron chi connectivity index (χ1n) is 7.65. The summed E-state index contributed by atoms with van der Waals surface area (Å²) in [5.74, 6) is -0.147. The van der Waals surface area contributed by atoms with Crippen LogP contribution in [0.3, 0.4) is 0 Å². The molecule has 1 saturated heterocycles. The number of anilines is 2. The van der Waals surface area contributed by atoms with Gasteiger partial charge in [-0.3, -0.25) is 14.9 Å². The van der Waals surface area contributed by atoms with Crippen LogP contribution in [-0.4, -0.2) is 46.9 Å². The molecule has 1 aromatic carbocycles. The topological polar surface area (TPSA) is 106 Å². The minimum absolute atomic E-state index is 0.0493. The van der Waals surface area contributed by atoms with Crippen LogP contribution in [0.5, 0.6) is 0 Å². The fourth-order valence-electron chi connectivity index (χ4n) is 2.72. The first-order chi connectivity index (χ1) is 12.0. The van der Waals surface area contributed by atoms with E-state index in [2.05, 4.69) is 4.98 Å². The SMILES string of the molecule is Nc1cc(N2CCN(C(=O)c3cccc(F)c3)CC2)ncc1[N+](=O)[O-]. The van der Waals surface area contributed by atoms with E-state index in [0.717, 1.165) is 6.20 Å². The van der Waals surface area contributed by atoms with Crippen LogP contribution in [0.2, 0.25) is 0 Å². The Morgan fingerprint density at radius 2 is 1.96 bits per heavy atom. The molecule has 2 aromatic rings. The van der Waals surface area contributed by atoms with E-state index in [1.54, 1.807) is 11.0 Å². The number of nitrogens with zero attached hydrogens (tertiary/aromatic N) is 4. The number of aromatic nitrogens is 1. The van der Waals surface area contributed by atoms with Gasteiger partial charge in [-0.1, -0.05) is 6.07 Å². The number of hydrogen-bond acceptors (Lipinski definition) is 6. The molecule has 0 spiro atoms. The van der Waals surface area contributed by atoms with Crippen molar-refractivity contribution < 1.29 is 14.1 Å². The summed E-state index contributed by atoms with van der Waals surface area (Å²) in [4.78, 5) is 30.2. The van der Waals surface area contributed by atoms with Crippen molar-refractivity contribution in [3.05, 3.63) is 58.0 Å². The Bertz CT molecular complexity index is 821. The Morgan fingerprint density at radius 3 is 2.56 bits per heavy atom. The van der Waals surface area contributed by atoms with Crippen LogP contribution in [-0.2, 0) is 0 Å². The minimum Gasteiger partial charge on any atom is -0.393 e. The van der Waals surface area contributed by atoms with Crippen molar-refractivity contribution in [1.29, 1.82) is 0 Å². The van der Waals surface area contributed by atoms with E-state index in [-0.39, 0.29) is 17.3 Å². The van der Waals surface area contributed by atoms with Gasteiger partial charge in [0.2, 0.25) is 0 Å². The number of pyridine rings is 1. The van der Waals surface area contributed by atoms with Crippen molar-refractivity contribution in [3.8, 4) is 0 Å². The maximum atomic E-state index is 13.3. The van der Waals surface area contributed by atoms with E-state index in [9.17, 15) is 19.3 Å². The molecule has 2 heterocycles. The van der Waals surface area contributed by atoms with Crippen molar-refractivity contribution in [2.45, 2.75) is 0 Å². The molecule has 2 N–H and O–H groups in total. The number of hydrogen-bond donors (Lipinski definition) is 1. The van der Waals surface area contributed by atoms with Gasteiger partial charge < -0.3 is 15.5 Å². The monoisotopic (exact) mass is 345 g/mol. The smallest absolute Gasteiger partial charge is 0.310 e. The highest BCUT2D eigenvalue weighted by molar-refractivity contribution is 5.94. The number of carbonyl (C=O) groups excluding carboxylic acids is 1. The zero-order chi connectivity index (χ0) is 18.0. The lowest BCUT2D eigenvalue weighted by Gasteiger charge is -2.35. The highest BCUT2D eigenvalue weighted by atomic mass is 19.1. The van der Waals surface area contributed by atoms with Gasteiger partial charge in [0.15, 0.2) is 0 Å². The summed E-state index contributed by atoms with van der Waals surface area (Å²) in [5, 5.41) is 10.8. The summed E-state index contributed by atoms with van der Waals surface area (Å²) in [6.45, 7) is 1.89. The summed E-state index contributed by atoms with van der Waals surface area (Å²) < 4.78 is 13.3. The number of nitro groups is 1. The first-order valence-corrected chi connectivity index (χ1v) is 7.65. The van der Waals surface area contributed by atoms with Gasteiger partial charge >= 0.3 is 5.69 Å². The lowest BCUT2D eigenvalue weighted by Crippen LogP contribution is -2.49. The van der Waals surface area contributed by atoms with Crippen molar-refractivity contribution in [2.75, 3.05) is 36.8 Å². The van der Waals surface area contributed by atoms with Gasteiger partial charge in [0.05, 0.1) is 4.92 Å². The van der Waals surface area contributed by atoms with Crippen LogP contribution in [0.15, 0.2) is 36.5 Å². The molecule has 0 unspecified atom stereocenters. The lowest BCUT2D eigenvalue weighted by molar-refractivity contribution is -0.384. The van der Waals surface area contributed by atoms with Gasteiger partial charge in [-0.05, 0) is 18.2 Å². The second kappa shape index (κ2) is 6.71. The van der Waals surface area contributed by atoms with Gasteiger partial charge in [0.1, 0.15) is 23.5 Å². The number of nitrogen functional groups attached to an aromatic ring is 1. The van der Waals surface area contributed by atoms with Gasteiger partial charge in [-0.25, -0.2) is 9.37 Å². The van der Waals surface area contributed by atoms with Crippen LogP contribution >= 0.6 is 0 Å². The van der Waals surface area contributed by atoms with Crippen LogP contribution < -0.4 is 10.6 Å². The molecule has 130 valence electrons. The third-order valence-corrected chi connectivity index (χ3v) is 4.06. The van der Waals surface area contributed by atoms with Crippen LogP contribution in [0.1, 0.15) is 10.4 Å². The van der Waals surface area contributed by atoms with Gasteiger partial charge in [-0.15, -0.1) is 0 Å². The van der Waals surface area contributed by atoms with Crippen molar-refractivity contribution >= 4 is 23.1 Å². The highest BCUT2D eigenvalue weighted by Gasteiger charge is 2.24. The van der Waals surface area contributed by atoms with Gasteiger partial charge in [-0.2, -0.15) is 0 Å². The molecule has 1 amide bonds. The lowest BCUT2D eigenvalue weighted by atomic mass is 10.1. The largest absolute Gasteiger partial charge is 0.393 e. The summed E-state index contributed by atoms with van der Waals surface area (Å²) in [7, 11) is 0. The number of nitrogens with two attached hydrogens (primary N) is 1. The third kappa shape index (κ3) is 3.49. The molecule has 25 heavy (non-hydrogen) atoms. The zero-order valence-electron chi connectivity index (χ0n) is 13.3. The fraction of sp³-hybridized carbons (Fsp3) is 0.250. The number of carbonyl (C=O) groups is 1. The standard InChI is InChI=1S/C16H16FN5O3/c17-12-3-1-2-11(8-12)16(23)21-6-4-20(5-7-21)15-9-13(18)14(10-19-15)22(24)25/h1-3,8-10H,4-7H2,(H2,18,19). The molecule has 1 aliphatic heterocycles. The molecule has 0 radical (unpaired) electrons. The Balaban J connectivity index is 1.67. The molecule has 1 aliphatic rings. The van der Waals surface area contributed by atoms with E-state index in [1.165, 1.54) is 24.3 Å². The highest BCUT2D eigenvalue weighted by Crippen LogP contribution is 2.25. The predicted molar refractivity (Wildman–Crippen MR) is 89.8 cm³/mol. The average molecular weight is 345 g/mol. The first kappa shape index (κ1) is 16.6. The van der Waals surface area contributed by atoms with Crippen LogP contribution in [0.25, 0.3) is 0 Å². The molecular formula is C16H16FN5O3. The molecule has 8 nitrogen and oxygen atoms in total. The van der Waals surface area contributed by atoms with E-state index >= 15 is 0 Å². The second-order valence-electron chi connectivity index (χ2n) is 5.65. The van der Waals surface area contributed by atoms with E-state index in [0.29, 0.717) is 37.6 Å². The second-order valence-corrected chi connectivity index (χ2v) is 5.65. The molecule has 0 saturated carbocycles. The van der Waals surface area contributed by atoms with Crippen LogP contribution in [0, 0.1) is 15.9 Å². The van der Waals surface area contributed by atoms with E-state index < -0.39 is 10.7 Å². The minimum atomic E-state index is -0.582. The molecular weight excluding hydrogens is 329 g/mol. The summed E-state index contributed by atoms with van der Waals surface area (Å²) in [6.07, 6.45) is 1.13. The fourth-order valence-corrected chi connectivity index (χ4v) is 2.72. The quantitative estimate of drug-likeness (QED) is 0.670. The summed E-state index contributed by atoms with van der Waals surface area (Å²) in [6, 6.07) is 7.05.